The zero-order valence-corrected chi connectivity index (χ0v) is 17.0. The van der Waals surface area contributed by atoms with Crippen molar-refractivity contribution < 1.29 is 13.5 Å². The van der Waals surface area contributed by atoms with Gasteiger partial charge in [0.05, 0.1) is 4.90 Å². The molecule has 0 fully saturated rings. The lowest BCUT2D eigenvalue weighted by molar-refractivity contribution is 0.145. The van der Waals surface area contributed by atoms with E-state index in [1.54, 1.807) is 24.3 Å². The van der Waals surface area contributed by atoms with Crippen molar-refractivity contribution in [2.45, 2.75) is 23.8 Å². The van der Waals surface area contributed by atoms with Gasteiger partial charge in [0, 0.05) is 24.1 Å². The van der Waals surface area contributed by atoms with Crippen LogP contribution in [0.2, 0.25) is 0 Å². The monoisotopic (exact) mass is 405 g/mol. The Kier molecular flexibility index (Phi) is 6.50. The van der Waals surface area contributed by atoms with Crippen LogP contribution in [-0.4, -0.2) is 20.1 Å². The molecule has 2 N–H and O–H groups in total. The van der Waals surface area contributed by atoms with Gasteiger partial charge < -0.3 is 5.11 Å². The van der Waals surface area contributed by atoms with Crippen LogP contribution in [0.1, 0.15) is 23.1 Å². The van der Waals surface area contributed by atoms with Crippen LogP contribution in [0, 0.1) is 18.8 Å². The molecule has 0 bridgehead atoms. The maximum absolute atomic E-state index is 12.3. The lowest BCUT2D eigenvalue weighted by Gasteiger charge is -2.23. The summed E-state index contributed by atoms with van der Waals surface area (Å²) in [5, 5.41) is 11.3. The first-order valence-electron chi connectivity index (χ1n) is 9.32. The van der Waals surface area contributed by atoms with Crippen LogP contribution in [0.4, 0.5) is 0 Å². The molecule has 3 aromatic rings. The molecule has 5 heteroatoms. The molecule has 0 saturated carbocycles. The van der Waals surface area contributed by atoms with Crippen molar-refractivity contribution >= 4 is 10.0 Å². The number of aryl methyl sites for hydroxylation is 1. The Morgan fingerprint density at radius 3 is 1.90 bits per heavy atom. The summed E-state index contributed by atoms with van der Waals surface area (Å²) in [6.07, 6.45) is 0.271. The summed E-state index contributed by atoms with van der Waals surface area (Å²) in [6.45, 7) is 2.06. The molecule has 0 heterocycles. The van der Waals surface area contributed by atoms with Gasteiger partial charge >= 0.3 is 0 Å². The first-order valence-corrected chi connectivity index (χ1v) is 10.8. The number of benzene rings is 3. The molecule has 4 nitrogen and oxygen atoms in total. The summed E-state index contributed by atoms with van der Waals surface area (Å²) in [7, 11) is -3.58. The minimum atomic E-state index is -3.58. The third-order valence-electron chi connectivity index (χ3n) is 4.53. The van der Waals surface area contributed by atoms with Gasteiger partial charge in [-0.25, -0.2) is 13.1 Å². The Labute approximate surface area is 172 Å². The molecule has 0 aliphatic rings. The van der Waals surface area contributed by atoms with Gasteiger partial charge in [-0.15, -0.1) is 0 Å². The summed E-state index contributed by atoms with van der Waals surface area (Å²) in [6, 6.07) is 25.1. The van der Waals surface area contributed by atoms with Crippen LogP contribution >= 0.6 is 0 Å². The Morgan fingerprint density at radius 1 is 0.862 bits per heavy atom. The van der Waals surface area contributed by atoms with Gasteiger partial charge in [0.1, 0.15) is 0 Å². The lowest BCUT2D eigenvalue weighted by atomic mass is 9.87. The largest absolute Gasteiger partial charge is 0.369 e. The van der Waals surface area contributed by atoms with Gasteiger partial charge in [0.2, 0.25) is 10.0 Å². The van der Waals surface area contributed by atoms with E-state index in [0.717, 1.165) is 5.56 Å². The number of sulfonamides is 1. The Bertz CT molecular complexity index is 1060. The number of rotatable bonds is 6. The molecule has 3 aromatic carbocycles. The lowest BCUT2D eigenvalue weighted by Crippen LogP contribution is -2.26. The van der Waals surface area contributed by atoms with Gasteiger partial charge in [-0.3, -0.25) is 0 Å². The Hall–Kier alpha value is -2.91. The first-order chi connectivity index (χ1) is 13.9. The van der Waals surface area contributed by atoms with Gasteiger partial charge in [-0.2, -0.15) is 0 Å². The van der Waals surface area contributed by atoms with E-state index in [0.29, 0.717) is 11.1 Å². The molecule has 0 saturated heterocycles. The van der Waals surface area contributed by atoms with Crippen LogP contribution in [0.3, 0.4) is 0 Å². The highest BCUT2D eigenvalue weighted by Gasteiger charge is 2.28. The minimum Gasteiger partial charge on any atom is -0.369 e. The fourth-order valence-corrected chi connectivity index (χ4v) is 3.94. The maximum Gasteiger partial charge on any atom is 0.240 e. The molecule has 0 aromatic heterocycles. The molecular weight excluding hydrogens is 382 g/mol. The van der Waals surface area contributed by atoms with E-state index in [2.05, 4.69) is 16.6 Å². The topological polar surface area (TPSA) is 66.4 Å². The Morgan fingerprint density at radius 2 is 1.38 bits per heavy atom. The molecule has 148 valence electrons. The van der Waals surface area contributed by atoms with E-state index in [9.17, 15) is 13.5 Å². The zero-order chi connectivity index (χ0) is 20.7. The highest BCUT2D eigenvalue weighted by molar-refractivity contribution is 7.89. The van der Waals surface area contributed by atoms with Crippen LogP contribution in [0.25, 0.3) is 0 Å². The zero-order valence-electron chi connectivity index (χ0n) is 16.2. The van der Waals surface area contributed by atoms with Crippen molar-refractivity contribution in [1.82, 2.24) is 4.72 Å². The number of aliphatic hydroxyl groups is 1. The molecule has 0 radical (unpaired) electrons. The summed E-state index contributed by atoms with van der Waals surface area (Å²) in [4.78, 5) is 0.223. The van der Waals surface area contributed by atoms with E-state index >= 15 is 0 Å². The number of nitrogens with one attached hydrogen (secondary N) is 1. The summed E-state index contributed by atoms with van der Waals surface area (Å²) >= 11 is 0. The summed E-state index contributed by atoms with van der Waals surface area (Å²) < 4.78 is 27.2. The quantitative estimate of drug-likeness (QED) is 0.486. The minimum absolute atomic E-state index is 0.156. The second-order valence-electron chi connectivity index (χ2n) is 6.71. The predicted octanol–water partition coefficient (Wildman–Crippen LogP) is 3.60. The van der Waals surface area contributed by atoms with Crippen molar-refractivity contribution in [1.29, 1.82) is 0 Å². The van der Waals surface area contributed by atoms with E-state index in [1.165, 1.54) is 0 Å². The number of hydrogen-bond donors (Lipinski definition) is 2. The van der Waals surface area contributed by atoms with Crippen LogP contribution in [0.15, 0.2) is 89.8 Å². The third-order valence-corrected chi connectivity index (χ3v) is 6.00. The van der Waals surface area contributed by atoms with E-state index in [4.69, 9.17) is 0 Å². The van der Waals surface area contributed by atoms with Gasteiger partial charge in [-0.1, -0.05) is 90.2 Å². The predicted molar refractivity (Wildman–Crippen MR) is 115 cm³/mol. The highest BCUT2D eigenvalue weighted by atomic mass is 32.2. The second-order valence-corrected chi connectivity index (χ2v) is 8.47. The second kappa shape index (κ2) is 9.06. The van der Waals surface area contributed by atoms with E-state index in [1.807, 2.05) is 67.6 Å². The van der Waals surface area contributed by atoms with Crippen molar-refractivity contribution in [2.75, 3.05) is 6.54 Å². The maximum atomic E-state index is 12.3. The van der Waals surface area contributed by atoms with Gasteiger partial charge in [0.15, 0.2) is 5.60 Å². The molecule has 0 atom stereocenters. The SMILES string of the molecule is Cc1ccc(S(=O)(=O)NCCC#CC(O)(c2ccccc2)c2ccccc2)cc1. The molecule has 0 aliphatic carbocycles. The van der Waals surface area contributed by atoms with Gasteiger partial charge in [-0.05, 0) is 19.1 Å². The molecule has 0 aliphatic heterocycles. The average Bonchev–Trinajstić information content (AvgIpc) is 2.75. The molecule has 29 heavy (non-hydrogen) atoms. The van der Waals surface area contributed by atoms with Crippen LogP contribution in [0.5, 0.6) is 0 Å². The van der Waals surface area contributed by atoms with Crippen molar-refractivity contribution in [2.24, 2.45) is 0 Å². The fraction of sp³-hybridized carbons (Fsp3) is 0.167. The van der Waals surface area contributed by atoms with Crippen LogP contribution in [-0.2, 0) is 15.6 Å². The van der Waals surface area contributed by atoms with Gasteiger partial charge in [0.25, 0.3) is 0 Å². The molecular formula is C24H23NO3S. The average molecular weight is 406 g/mol. The number of hydrogen-bond acceptors (Lipinski definition) is 3. The normalized spacial score (nSPS) is 11.5. The van der Waals surface area contributed by atoms with Crippen molar-refractivity contribution in [3.8, 4) is 11.8 Å². The standard InChI is InChI=1S/C24H23NO3S/c1-20-14-16-23(17-15-20)29(27,28)25-19-9-8-18-24(26,21-10-4-2-5-11-21)22-12-6-3-7-13-22/h2-7,10-17,25-26H,9,19H2,1H3. The molecule has 0 unspecified atom stereocenters. The Balaban J connectivity index is 1.73. The van der Waals surface area contributed by atoms with Crippen LogP contribution < -0.4 is 4.72 Å². The summed E-state index contributed by atoms with van der Waals surface area (Å²) in [5.41, 5.74) is 0.868. The van der Waals surface area contributed by atoms with E-state index in [-0.39, 0.29) is 17.9 Å². The smallest absolute Gasteiger partial charge is 0.240 e. The molecule has 0 amide bonds. The van der Waals surface area contributed by atoms with Crippen molar-refractivity contribution in [3.05, 3.63) is 102 Å². The third kappa shape index (κ3) is 5.12. The molecule has 0 spiro atoms. The highest BCUT2D eigenvalue weighted by Crippen LogP contribution is 2.28. The first kappa shape index (κ1) is 20.8. The van der Waals surface area contributed by atoms with Crippen molar-refractivity contribution in [3.63, 3.8) is 0 Å². The van der Waals surface area contributed by atoms with E-state index < -0.39 is 15.6 Å². The summed E-state index contributed by atoms with van der Waals surface area (Å²) in [5.74, 6) is 5.86. The fourth-order valence-electron chi connectivity index (χ4n) is 2.91. The molecule has 3 rings (SSSR count).